The summed E-state index contributed by atoms with van der Waals surface area (Å²) in [5, 5.41) is 21.7. The van der Waals surface area contributed by atoms with Gasteiger partial charge in [0.2, 0.25) is 0 Å². The number of hydrogen-bond acceptors (Lipinski definition) is 3. The monoisotopic (exact) mass is 354 g/mol. The summed E-state index contributed by atoms with van der Waals surface area (Å²) in [7, 11) is 0. The highest BCUT2D eigenvalue weighted by molar-refractivity contribution is 6.07. The van der Waals surface area contributed by atoms with Gasteiger partial charge in [0.05, 0.1) is 0 Å². The maximum Gasteiger partial charge on any atom is 0.170 e. The van der Waals surface area contributed by atoms with Crippen LogP contribution in [0.25, 0.3) is 22.3 Å². The van der Waals surface area contributed by atoms with Gasteiger partial charge in [-0.2, -0.15) is 0 Å². The van der Waals surface area contributed by atoms with Crippen LogP contribution in [0.4, 0.5) is 8.78 Å². The average Bonchev–Trinajstić information content (AvgIpc) is 2.61. The lowest BCUT2D eigenvalue weighted by Crippen LogP contribution is -2.15. The molecular formula is C20H16F2N2O2. The summed E-state index contributed by atoms with van der Waals surface area (Å²) >= 11 is 0. The Morgan fingerprint density at radius 3 is 2.27 bits per heavy atom. The van der Waals surface area contributed by atoms with E-state index in [4.69, 9.17) is 10.9 Å². The van der Waals surface area contributed by atoms with Gasteiger partial charge in [-0.15, -0.1) is 0 Å². The molecule has 0 unspecified atom stereocenters. The maximum atomic E-state index is 14.5. The van der Waals surface area contributed by atoms with Crippen molar-refractivity contribution in [3.05, 3.63) is 77.4 Å². The number of oxime groups is 1. The molecule has 3 aromatic carbocycles. The quantitative estimate of drug-likeness (QED) is 0.282. The molecule has 4 N–H and O–H groups in total. The smallest absolute Gasteiger partial charge is 0.170 e. The van der Waals surface area contributed by atoms with E-state index in [0.29, 0.717) is 22.3 Å². The molecule has 0 saturated carbocycles. The van der Waals surface area contributed by atoms with Crippen molar-refractivity contribution in [1.29, 1.82) is 0 Å². The standard InChI is InChI=1S/C20H16F2N2O2/c1-11-8-16(12-2-5-14(25)6-3-12)19(17(9-11)20(23)24-26)15-7-4-13(21)10-18(15)22/h2-10,25-26H,1H3,(H2,23,24). The summed E-state index contributed by atoms with van der Waals surface area (Å²) in [6.07, 6.45) is 0. The van der Waals surface area contributed by atoms with Crippen LogP contribution < -0.4 is 5.73 Å². The van der Waals surface area contributed by atoms with Crippen LogP contribution in [-0.4, -0.2) is 16.1 Å². The van der Waals surface area contributed by atoms with Crippen LogP contribution in [-0.2, 0) is 0 Å². The third-order valence-electron chi connectivity index (χ3n) is 4.05. The number of nitrogens with two attached hydrogens (primary N) is 1. The lowest BCUT2D eigenvalue weighted by molar-refractivity contribution is 0.318. The molecule has 3 aromatic rings. The van der Waals surface area contributed by atoms with Gasteiger partial charge < -0.3 is 16.0 Å². The minimum absolute atomic E-state index is 0.0903. The van der Waals surface area contributed by atoms with Gasteiger partial charge >= 0.3 is 0 Å². The summed E-state index contributed by atoms with van der Waals surface area (Å²) in [5.74, 6) is -1.56. The van der Waals surface area contributed by atoms with Crippen LogP contribution in [0, 0.1) is 18.6 Å². The molecule has 4 nitrogen and oxygen atoms in total. The molecular weight excluding hydrogens is 338 g/mol. The second-order valence-corrected chi connectivity index (χ2v) is 5.89. The van der Waals surface area contributed by atoms with Gasteiger partial charge in [-0.05, 0) is 53.9 Å². The predicted molar refractivity (Wildman–Crippen MR) is 96.1 cm³/mol. The van der Waals surface area contributed by atoms with Gasteiger partial charge in [0.15, 0.2) is 5.84 Å². The van der Waals surface area contributed by atoms with E-state index in [1.165, 1.54) is 18.2 Å². The van der Waals surface area contributed by atoms with E-state index in [-0.39, 0.29) is 17.1 Å². The van der Waals surface area contributed by atoms with E-state index in [2.05, 4.69) is 5.16 Å². The average molecular weight is 354 g/mol. The summed E-state index contributed by atoms with van der Waals surface area (Å²) < 4.78 is 27.9. The third-order valence-corrected chi connectivity index (χ3v) is 4.05. The molecule has 0 heterocycles. The van der Waals surface area contributed by atoms with E-state index < -0.39 is 11.6 Å². The molecule has 0 atom stereocenters. The van der Waals surface area contributed by atoms with Gasteiger partial charge in [-0.25, -0.2) is 8.78 Å². The molecule has 26 heavy (non-hydrogen) atoms. The van der Waals surface area contributed by atoms with Crippen molar-refractivity contribution in [3.63, 3.8) is 0 Å². The summed E-state index contributed by atoms with van der Waals surface area (Å²) in [4.78, 5) is 0. The van der Waals surface area contributed by atoms with Crippen LogP contribution in [0.2, 0.25) is 0 Å². The Hall–Kier alpha value is -3.41. The Balaban J connectivity index is 2.40. The number of benzene rings is 3. The topological polar surface area (TPSA) is 78.8 Å². The van der Waals surface area contributed by atoms with Crippen molar-refractivity contribution in [3.8, 4) is 28.0 Å². The number of halogens is 2. The first kappa shape index (κ1) is 17.4. The van der Waals surface area contributed by atoms with Gasteiger partial charge in [0.25, 0.3) is 0 Å². The van der Waals surface area contributed by atoms with Crippen molar-refractivity contribution in [2.75, 3.05) is 0 Å². The maximum absolute atomic E-state index is 14.5. The molecule has 0 radical (unpaired) electrons. The fourth-order valence-corrected chi connectivity index (χ4v) is 2.89. The highest BCUT2D eigenvalue weighted by atomic mass is 19.1. The lowest BCUT2D eigenvalue weighted by Gasteiger charge is -2.17. The molecule has 0 aliphatic rings. The molecule has 0 saturated heterocycles. The molecule has 0 aromatic heterocycles. The third kappa shape index (κ3) is 3.21. The van der Waals surface area contributed by atoms with Crippen LogP contribution in [0.5, 0.6) is 5.75 Å². The van der Waals surface area contributed by atoms with E-state index >= 15 is 0 Å². The van der Waals surface area contributed by atoms with Gasteiger partial charge in [-0.3, -0.25) is 0 Å². The van der Waals surface area contributed by atoms with Crippen molar-refractivity contribution >= 4 is 5.84 Å². The van der Waals surface area contributed by atoms with Crippen LogP contribution in [0.1, 0.15) is 11.1 Å². The highest BCUT2D eigenvalue weighted by Gasteiger charge is 2.19. The van der Waals surface area contributed by atoms with E-state index in [9.17, 15) is 13.9 Å². The summed E-state index contributed by atoms with van der Waals surface area (Å²) in [6.45, 7) is 1.82. The van der Waals surface area contributed by atoms with Crippen LogP contribution in [0.15, 0.2) is 59.8 Å². The zero-order valence-corrected chi connectivity index (χ0v) is 13.9. The lowest BCUT2D eigenvalue weighted by atomic mass is 9.88. The number of rotatable bonds is 3. The molecule has 6 heteroatoms. The predicted octanol–water partition coefficient (Wildman–Crippen LogP) is 4.41. The van der Waals surface area contributed by atoms with E-state index in [0.717, 1.165) is 17.7 Å². The number of aromatic hydroxyl groups is 1. The Kier molecular flexibility index (Phi) is 4.58. The largest absolute Gasteiger partial charge is 0.508 e. The fourth-order valence-electron chi connectivity index (χ4n) is 2.89. The van der Waals surface area contributed by atoms with E-state index in [1.807, 2.05) is 13.0 Å². The SMILES string of the molecule is Cc1cc(/C(N)=N/O)c(-c2ccc(F)cc2F)c(-c2ccc(O)cc2)c1. The number of phenols is 1. The zero-order chi connectivity index (χ0) is 18.8. The fraction of sp³-hybridized carbons (Fsp3) is 0.0500. The first-order valence-electron chi connectivity index (χ1n) is 7.78. The summed E-state index contributed by atoms with van der Waals surface area (Å²) in [5.41, 5.74) is 8.73. The summed E-state index contributed by atoms with van der Waals surface area (Å²) in [6, 6.07) is 13.1. The van der Waals surface area contributed by atoms with Gasteiger partial charge in [-0.1, -0.05) is 23.4 Å². The number of nitrogens with zero attached hydrogens (tertiary/aromatic N) is 1. The normalized spacial score (nSPS) is 11.6. The molecule has 3 rings (SSSR count). The number of phenolic OH excluding ortho intramolecular Hbond substituents is 1. The minimum Gasteiger partial charge on any atom is -0.508 e. The van der Waals surface area contributed by atoms with Crippen molar-refractivity contribution in [2.24, 2.45) is 10.9 Å². The Morgan fingerprint density at radius 1 is 0.962 bits per heavy atom. The van der Waals surface area contributed by atoms with Crippen LogP contribution >= 0.6 is 0 Å². The first-order valence-corrected chi connectivity index (χ1v) is 7.78. The molecule has 0 spiro atoms. The molecule has 0 amide bonds. The van der Waals surface area contributed by atoms with Crippen LogP contribution in [0.3, 0.4) is 0 Å². The molecule has 132 valence electrons. The Bertz CT molecular complexity index is 999. The minimum atomic E-state index is -0.763. The Morgan fingerprint density at radius 2 is 1.65 bits per heavy atom. The second kappa shape index (κ2) is 6.84. The molecule has 0 bridgehead atoms. The number of aryl methyl sites for hydroxylation is 1. The van der Waals surface area contributed by atoms with Crippen molar-refractivity contribution in [2.45, 2.75) is 6.92 Å². The molecule has 0 aliphatic carbocycles. The molecule has 0 aliphatic heterocycles. The molecule has 0 fully saturated rings. The number of hydrogen-bond donors (Lipinski definition) is 3. The second-order valence-electron chi connectivity index (χ2n) is 5.89. The zero-order valence-electron chi connectivity index (χ0n) is 13.9. The van der Waals surface area contributed by atoms with Gasteiger partial charge in [0, 0.05) is 22.8 Å². The van der Waals surface area contributed by atoms with Crippen molar-refractivity contribution in [1.82, 2.24) is 0 Å². The highest BCUT2D eigenvalue weighted by Crippen LogP contribution is 2.38. The van der Waals surface area contributed by atoms with Gasteiger partial charge in [0.1, 0.15) is 17.4 Å². The number of amidine groups is 1. The Labute approximate surface area is 148 Å². The van der Waals surface area contributed by atoms with E-state index in [1.54, 1.807) is 18.2 Å². The first-order chi connectivity index (χ1) is 12.4. The van der Waals surface area contributed by atoms with Crippen molar-refractivity contribution < 1.29 is 19.1 Å².